The molecule has 0 bridgehead atoms. The first-order valence-electron chi connectivity index (χ1n) is 3.97. The Morgan fingerprint density at radius 3 is 2.73 bits per heavy atom. The fourth-order valence-electron chi connectivity index (χ4n) is 1.65. The van der Waals surface area contributed by atoms with Crippen LogP contribution < -0.4 is 0 Å². The average molecular weight is 150 g/mol. The molecule has 1 rings (SSSR count). The second kappa shape index (κ2) is 3.04. The standard InChI is InChI=1S/C10H14O/c1-7(2)9-5-4-8(3)10(9)6-11/h6,9H,1,4-5H2,2-3H3/t9-/m0/s1. The Morgan fingerprint density at radius 2 is 2.36 bits per heavy atom. The largest absolute Gasteiger partial charge is 0.298 e. The van der Waals surface area contributed by atoms with E-state index in [1.807, 2.05) is 13.8 Å². The van der Waals surface area contributed by atoms with E-state index in [1.165, 1.54) is 5.57 Å². The highest BCUT2D eigenvalue weighted by atomic mass is 16.1. The van der Waals surface area contributed by atoms with Crippen molar-refractivity contribution in [1.29, 1.82) is 0 Å². The zero-order chi connectivity index (χ0) is 8.43. The van der Waals surface area contributed by atoms with Crippen LogP contribution in [0.25, 0.3) is 0 Å². The molecule has 60 valence electrons. The van der Waals surface area contributed by atoms with Crippen LogP contribution >= 0.6 is 0 Å². The summed E-state index contributed by atoms with van der Waals surface area (Å²) in [6.45, 7) is 7.90. The molecule has 0 saturated carbocycles. The van der Waals surface area contributed by atoms with Crippen LogP contribution in [0.3, 0.4) is 0 Å². The molecule has 0 unspecified atom stereocenters. The average Bonchev–Trinajstić information content (AvgIpc) is 2.30. The molecule has 0 saturated heterocycles. The Hall–Kier alpha value is -0.850. The van der Waals surface area contributed by atoms with Crippen molar-refractivity contribution in [2.45, 2.75) is 26.7 Å². The van der Waals surface area contributed by atoms with E-state index < -0.39 is 0 Å². The van der Waals surface area contributed by atoms with Gasteiger partial charge in [0, 0.05) is 5.92 Å². The molecule has 0 fully saturated rings. The van der Waals surface area contributed by atoms with Crippen LogP contribution in [-0.2, 0) is 4.79 Å². The number of rotatable bonds is 2. The van der Waals surface area contributed by atoms with E-state index >= 15 is 0 Å². The molecular formula is C10H14O. The van der Waals surface area contributed by atoms with Crippen LogP contribution in [0, 0.1) is 5.92 Å². The molecule has 0 aromatic carbocycles. The number of hydrogen-bond acceptors (Lipinski definition) is 1. The van der Waals surface area contributed by atoms with Crippen LogP contribution in [-0.4, -0.2) is 6.29 Å². The van der Waals surface area contributed by atoms with Crippen molar-refractivity contribution in [3.05, 3.63) is 23.3 Å². The van der Waals surface area contributed by atoms with E-state index in [0.717, 1.165) is 30.3 Å². The number of allylic oxidation sites excluding steroid dienone is 3. The van der Waals surface area contributed by atoms with E-state index in [1.54, 1.807) is 0 Å². The Bertz CT molecular complexity index is 223. The van der Waals surface area contributed by atoms with E-state index in [4.69, 9.17) is 0 Å². The minimum absolute atomic E-state index is 0.340. The highest BCUT2D eigenvalue weighted by Gasteiger charge is 2.22. The van der Waals surface area contributed by atoms with Gasteiger partial charge in [-0.2, -0.15) is 0 Å². The minimum atomic E-state index is 0.340. The van der Waals surface area contributed by atoms with Crippen molar-refractivity contribution in [1.82, 2.24) is 0 Å². The van der Waals surface area contributed by atoms with Gasteiger partial charge in [0.1, 0.15) is 6.29 Å². The lowest BCUT2D eigenvalue weighted by Crippen LogP contribution is -2.01. The smallest absolute Gasteiger partial charge is 0.146 e. The number of aldehydes is 1. The van der Waals surface area contributed by atoms with Crippen molar-refractivity contribution < 1.29 is 4.79 Å². The molecule has 0 spiro atoms. The molecule has 0 amide bonds. The van der Waals surface area contributed by atoms with E-state index in [2.05, 4.69) is 6.58 Å². The molecule has 1 heteroatoms. The van der Waals surface area contributed by atoms with Crippen LogP contribution in [0.15, 0.2) is 23.3 Å². The maximum absolute atomic E-state index is 10.6. The zero-order valence-electron chi connectivity index (χ0n) is 7.18. The summed E-state index contributed by atoms with van der Waals surface area (Å²) in [5, 5.41) is 0. The summed E-state index contributed by atoms with van der Waals surface area (Å²) in [7, 11) is 0. The molecule has 0 heterocycles. The SMILES string of the molecule is C=C(C)[C@@H]1CCC(C)=C1C=O. The Morgan fingerprint density at radius 1 is 1.73 bits per heavy atom. The van der Waals surface area contributed by atoms with Crippen molar-refractivity contribution >= 4 is 6.29 Å². The summed E-state index contributed by atoms with van der Waals surface area (Å²) in [4.78, 5) is 10.6. The summed E-state index contributed by atoms with van der Waals surface area (Å²) in [6.07, 6.45) is 3.13. The van der Waals surface area contributed by atoms with Gasteiger partial charge in [0.05, 0.1) is 0 Å². The lowest BCUT2D eigenvalue weighted by Gasteiger charge is -2.09. The van der Waals surface area contributed by atoms with Crippen LogP contribution in [0.2, 0.25) is 0 Å². The van der Waals surface area contributed by atoms with Gasteiger partial charge in [0.2, 0.25) is 0 Å². The van der Waals surface area contributed by atoms with Crippen molar-refractivity contribution in [3.63, 3.8) is 0 Å². The van der Waals surface area contributed by atoms with Crippen molar-refractivity contribution in [3.8, 4) is 0 Å². The summed E-state index contributed by atoms with van der Waals surface area (Å²) >= 11 is 0. The summed E-state index contributed by atoms with van der Waals surface area (Å²) < 4.78 is 0. The molecule has 1 nitrogen and oxygen atoms in total. The monoisotopic (exact) mass is 150 g/mol. The first kappa shape index (κ1) is 8.25. The van der Waals surface area contributed by atoms with Gasteiger partial charge in [0.25, 0.3) is 0 Å². The normalized spacial score (nSPS) is 24.0. The van der Waals surface area contributed by atoms with E-state index in [-0.39, 0.29) is 0 Å². The maximum Gasteiger partial charge on any atom is 0.146 e. The number of carbonyl (C=O) groups excluding carboxylic acids is 1. The molecule has 0 aromatic rings. The third-order valence-corrected chi connectivity index (χ3v) is 2.40. The third kappa shape index (κ3) is 1.42. The van der Waals surface area contributed by atoms with Gasteiger partial charge in [-0.3, -0.25) is 4.79 Å². The summed E-state index contributed by atoms with van der Waals surface area (Å²) in [5.41, 5.74) is 3.33. The quantitative estimate of drug-likeness (QED) is 0.436. The number of carbonyl (C=O) groups is 1. The van der Waals surface area contributed by atoms with Gasteiger partial charge in [-0.05, 0) is 32.3 Å². The van der Waals surface area contributed by atoms with Gasteiger partial charge in [-0.1, -0.05) is 17.7 Å². The molecule has 0 radical (unpaired) electrons. The topological polar surface area (TPSA) is 17.1 Å². The van der Waals surface area contributed by atoms with Gasteiger partial charge >= 0.3 is 0 Å². The van der Waals surface area contributed by atoms with Crippen molar-refractivity contribution in [2.24, 2.45) is 5.92 Å². The highest BCUT2D eigenvalue weighted by molar-refractivity contribution is 5.77. The maximum atomic E-state index is 10.6. The Labute approximate surface area is 67.8 Å². The van der Waals surface area contributed by atoms with Crippen LogP contribution in [0.5, 0.6) is 0 Å². The second-order valence-electron chi connectivity index (χ2n) is 3.29. The lowest BCUT2D eigenvalue weighted by molar-refractivity contribution is -0.105. The highest BCUT2D eigenvalue weighted by Crippen LogP contribution is 2.34. The van der Waals surface area contributed by atoms with Gasteiger partial charge < -0.3 is 0 Å². The van der Waals surface area contributed by atoms with Gasteiger partial charge in [0.15, 0.2) is 0 Å². The first-order chi connectivity index (χ1) is 5.16. The van der Waals surface area contributed by atoms with Gasteiger partial charge in [-0.25, -0.2) is 0 Å². The second-order valence-corrected chi connectivity index (χ2v) is 3.29. The molecule has 1 aliphatic carbocycles. The Kier molecular flexibility index (Phi) is 2.28. The fraction of sp³-hybridized carbons (Fsp3) is 0.500. The van der Waals surface area contributed by atoms with E-state index in [9.17, 15) is 4.79 Å². The van der Waals surface area contributed by atoms with E-state index in [0.29, 0.717) is 5.92 Å². The zero-order valence-corrected chi connectivity index (χ0v) is 7.18. The fourth-order valence-corrected chi connectivity index (χ4v) is 1.65. The summed E-state index contributed by atoms with van der Waals surface area (Å²) in [5.74, 6) is 0.340. The first-order valence-corrected chi connectivity index (χ1v) is 3.97. The molecule has 1 aliphatic rings. The summed E-state index contributed by atoms with van der Waals surface area (Å²) in [6, 6.07) is 0. The molecule has 0 aliphatic heterocycles. The number of hydrogen-bond donors (Lipinski definition) is 0. The molecule has 11 heavy (non-hydrogen) atoms. The predicted octanol–water partition coefficient (Wildman–Crippen LogP) is 2.49. The van der Waals surface area contributed by atoms with Crippen LogP contribution in [0.1, 0.15) is 26.7 Å². The van der Waals surface area contributed by atoms with Crippen LogP contribution in [0.4, 0.5) is 0 Å². The Balaban J connectivity index is 2.88. The predicted molar refractivity (Wildman–Crippen MR) is 46.3 cm³/mol. The molecule has 1 atom stereocenters. The lowest BCUT2D eigenvalue weighted by atomic mass is 9.95. The minimum Gasteiger partial charge on any atom is -0.298 e. The third-order valence-electron chi connectivity index (χ3n) is 2.40. The molecule has 0 N–H and O–H groups in total. The molecule has 0 aromatic heterocycles. The van der Waals surface area contributed by atoms with Crippen molar-refractivity contribution in [2.75, 3.05) is 0 Å². The molecular weight excluding hydrogens is 136 g/mol. The van der Waals surface area contributed by atoms with Gasteiger partial charge in [-0.15, -0.1) is 0 Å².